The number of nitrogens with zero attached hydrogens (tertiary/aromatic N) is 2. The number of ether oxygens (including phenoxy) is 1. The van der Waals surface area contributed by atoms with Crippen LogP contribution in [0.25, 0.3) is 0 Å². The van der Waals surface area contributed by atoms with Crippen molar-refractivity contribution >= 4 is 17.8 Å². The van der Waals surface area contributed by atoms with Crippen LogP contribution < -0.4 is 0 Å². The second kappa shape index (κ2) is 7.23. The molecule has 1 N–H and O–H groups in total. The van der Waals surface area contributed by atoms with E-state index >= 15 is 0 Å². The molecule has 2 heterocycles. The molecule has 1 aromatic carbocycles. The zero-order valence-corrected chi connectivity index (χ0v) is 14.2. The summed E-state index contributed by atoms with van der Waals surface area (Å²) in [5.74, 6) is -1.30. The minimum Gasteiger partial charge on any atom is -0.479 e. The summed E-state index contributed by atoms with van der Waals surface area (Å²) in [5.41, 5.74) is 2.11. The Balaban J connectivity index is 1.71. The molecule has 0 unspecified atom stereocenters. The van der Waals surface area contributed by atoms with Crippen LogP contribution in [0.5, 0.6) is 0 Å². The molecule has 2 saturated heterocycles. The third kappa shape index (κ3) is 3.82. The molecule has 2 aliphatic rings. The van der Waals surface area contributed by atoms with Crippen LogP contribution in [0, 0.1) is 6.92 Å². The zero-order chi connectivity index (χ0) is 18.0. The highest BCUT2D eigenvalue weighted by Crippen LogP contribution is 2.24. The van der Waals surface area contributed by atoms with E-state index in [1.54, 1.807) is 4.90 Å². The van der Waals surface area contributed by atoms with Crippen LogP contribution in [0.3, 0.4) is 0 Å². The SMILES string of the molecule is Cc1ccc(CN2C(=O)CC[C@@H]2C(=O)N2CCO[C@H](C(=O)O)C2)cc1. The van der Waals surface area contributed by atoms with Crippen molar-refractivity contribution in [1.82, 2.24) is 9.80 Å². The molecule has 2 atom stereocenters. The Morgan fingerprint density at radius 2 is 2.00 bits per heavy atom. The maximum atomic E-state index is 12.9. The molecule has 0 aromatic heterocycles. The summed E-state index contributed by atoms with van der Waals surface area (Å²) in [4.78, 5) is 39.3. The van der Waals surface area contributed by atoms with E-state index in [1.165, 1.54) is 4.90 Å². The van der Waals surface area contributed by atoms with Crippen LogP contribution in [0.1, 0.15) is 24.0 Å². The molecular formula is C18H22N2O5. The number of rotatable bonds is 4. The molecule has 0 aliphatic carbocycles. The van der Waals surface area contributed by atoms with Crippen molar-refractivity contribution in [3.05, 3.63) is 35.4 Å². The van der Waals surface area contributed by atoms with Gasteiger partial charge in [-0.05, 0) is 18.9 Å². The lowest BCUT2D eigenvalue weighted by Crippen LogP contribution is -2.54. The van der Waals surface area contributed by atoms with Crippen LogP contribution in [-0.4, -0.2) is 64.5 Å². The van der Waals surface area contributed by atoms with Crippen molar-refractivity contribution < 1.29 is 24.2 Å². The van der Waals surface area contributed by atoms with Crippen molar-refractivity contribution in [2.45, 2.75) is 38.5 Å². The average molecular weight is 346 g/mol. The molecule has 1 aromatic rings. The number of likely N-dealkylation sites (tertiary alicyclic amines) is 1. The first kappa shape index (κ1) is 17.4. The molecule has 3 rings (SSSR count). The van der Waals surface area contributed by atoms with E-state index < -0.39 is 18.1 Å². The highest BCUT2D eigenvalue weighted by Gasteiger charge is 2.40. The minimum atomic E-state index is -1.07. The van der Waals surface area contributed by atoms with Crippen LogP contribution in [0.4, 0.5) is 0 Å². The summed E-state index contributed by atoms with van der Waals surface area (Å²) >= 11 is 0. The van der Waals surface area contributed by atoms with E-state index in [4.69, 9.17) is 9.84 Å². The highest BCUT2D eigenvalue weighted by atomic mass is 16.5. The number of hydrogen-bond donors (Lipinski definition) is 1. The lowest BCUT2D eigenvalue weighted by Gasteiger charge is -2.34. The molecule has 25 heavy (non-hydrogen) atoms. The monoisotopic (exact) mass is 346 g/mol. The van der Waals surface area contributed by atoms with Gasteiger partial charge in [0.15, 0.2) is 6.10 Å². The summed E-state index contributed by atoms with van der Waals surface area (Å²) in [7, 11) is 0. The Labute approximate surface area is 146 Å². The van der Waals surface area contributed by atoms with Crippen LogP contribution >= 0.6 is 0 Å². The number of carboxylic acid groups (broad SMARTS) is 1. The van der Waals surface area contributed by atoms with Gasteiger partial charge in [0.1, 0.15) is 6.04 Å². The Kier molecular flexibility index (Phi) is 5.03. The standard InChI is InChI=1S/C18H22N2O5/c1-12-2-4-13(5-3-12)10-20-14(6-7-16(20)21)17(22)19-8-9-25-15(11-19)18(23)24/h2-5,14-15H,6-11H2,1H3,(H,23,24)/t14-,15+/m1/s1. The van der Waals surface area contributed by atoms with Gasteiger partial charge in [0.2, 0.25) is 11.8 Å². The smallest absolute Gasteiger partial charge is 0.334 e. The quantitative estimate of drug-likeness (QED) is 0.871. The van der Waals surface area contributed by atoms with Crippen molar-refractivity contribution in [2.75, 3.05) is 19.7 Å². The predicted molar refractivity (Wildman–Crippen MR) is 88.7 cm³/mol. The molecule has 2 aliphatic heterocycles. The summed E-state index contributed by atoms with van der Waals surface area (Å²) in [6.45, 7) is 2.96. The Hall–Kier alpha value is -2.41. The van der Waals surface area contributed by atoms with Crippen molar-refractivity contribution in [2.24, 2.45) is 0 Å². The fraction of sp³-hybridized carbons (Fsp3) is 0.500. The molecule has 7 nitrogen and oxygen atoms in total. The van der Waals surface area contributed by atoms with Gasteiger partial charge in [-0.25, -0.2) is 4.79 Å². The fourth-order valence-corrected chi connectivity index (χ4v) is 3.29. The van der Waals surface area contributed by atoms with Gasteiger partial charge in [0, 0.05) is 19.5 Å². The first-order valence-corrected chi connectivity index (χ1v) is 8.44. The number of carbonyl (C=O) groups excluding carboxylic acids is 2. The number of aryl methyl sites for hydroxylation is 1. The third-order valence-corrected chi connectivity index (χ3v) is 4.74. The molecular weight excluding hydrogens is 324 g/mol. The van der Waals surface area contributed by atoms with Gasteiger partial charge in [0.05, 0.1) is 13.2 Å². The molecule has 2 amide bonds. The van der Waals surface area contributed by atoms with Crippen LogP contribution in [-0.2, 0) is 25.7 Å². The van der Waals surface area contributed by atoms with E-state index in [1.807, 2.05) is 31.2 Å². The van der Waals surface area contributed by atoms with E-state index in [0.29, 0.717) is 25.9 Å². The maximum Gasteiger partial charge on any atom is 0.334 e. The average Bonchev–Trinajstić information content (AvgIpc) is 2.97. The molecule has 134 valence electrons. The van der Waals surface area contributed by atoms with E-state index in [2.05, 4.69) is 0 Å². The number of benzene rings is 1. The topological polar surface area (TPSA) is 87.2 Å². The number of aliphatic carboxylic acids is 1. The molecule has 2 fully saturated rings. The van der Waals surface area contributed by atoms with Crippen LogP contribution in [0.15, 0.2) is 24.3 Å². The number of carbonyl (C=O) groups is 3. The van der Waals surface area contributed by atoms with E-state index in [0.717, 1.165) is 11.1 Å². The maximum absolute atomic E-state index is 12.9. The Morgan fingerprint density at radius 1 is 1.28 bits per heavy atom. The van der Waals surface area contributed by atoms with Gasteiger partial charge in [-0.1, -0.05) is 29.8 Å². The van der Waals surface area contributed by atoms with Crippen molar-refractivity contribution in [1.29, 1.82) is 0 Å². The molecule has 0 bridgehead atoms. The van der Waals surface area contributed by atoms with Crippen LogP contribution in [0.2, 0.25) is 0 Å². The fourth-order valence-electron chi connectivity index (χ4n) is 3.29. The number of hydrogen-bond acceptors (Lipinski definition) is 4. The lowest BCUT2D eigenvalue weighted by molar-refractivity contribution is -0.161. The zero-order valence-electron chi connectivity index (χ0n) is 14.2. The first-order valence-electron chi connectivity index (χ1n) is 8.44. The van der Waals surface area contributed by atoms with E-state index in [9.17, 15) is 14.4 Å². The largest absolute Gasteiger partial charge is 0.479 e. The van der Waals surface area contributed by atoms with E-state index in [-0.39, 0.29) is 25.0 Å². The Morgan fingerprint density at radius 3 is 2.68 bits per heavy atom. The molecule has 0 radical (unpaired) electrons. The molecule has 0 spiro atoms. The van der Waals surface area contributed by atoms with Crippen molar-refractivity contribution in [3.8, 4) is 0 Å². The van der Waals surface area contributed by atoms with Gasteiger partial charge < -0.3 is 19.6 Å². The third-order valence-electron chi connectivity index (χ3n) is 4.74. The second-order valence-corrected chi connectivity index (χ2v) is 6.54. The first-order chi connectivity index (χ1) is 12.0. The summed E-state index contributed by atoms with van der Waals surface area (Å²) in [6.07, 6.45) is -0.187. The normalized spacial score (nSPS) is 23.8. The Bertz CT molecular complexity index is 673. The molecule has 0 saturated carbocycles. The molecule has 7 heteroatoms. The second-order valence-electron chi connectivity index (χ2n) is 6.54. The summed E-state index contributed by atoms with van der Waals surface area (Å²) in [6, 6.07) is 7.34. The van der Waals surface area contributed by atoms with Crippen molar-refractivity contribution in [3.63, 3.8) is 0 Å². The lowest BCUT2D eigenvalue weighted by atomic mass is 10.1. The number of amides is 2. The number of morpholine rings is 1. The highest BCUT2D eigenvalue weighted by molar-refractivity contribution is 5.91. The number of carboxylic acids is 1. The van der Waals surface area contributed by atoms with Gasteiger partial charge in [-0.2, -0.15) is 0 Å². The van der Waals surface area contributed by atoms with Gasteiger partial charge >= 0.3 is 5.97 Å². The summed E-state index contributed by atoms with van der Waals surface area (Å²) in [5, 5.41) is 9.09. The summed E-state index contributed by atoms with van der Waals surface area (Å²) < 4.78 is 5.16. The van der Waals surface area contributed by atoms with Gasteiger partial charge in [0.25, 0.3) is 0 Å². The van der Waals surface area contributed by atoms with Gasteiger partial charge in [-0.15, -0.1) is 0 Å². The predicted octanol–water partition coefficient (Wildman–Crippen LogP) is 0.798. The minimum absolute atomic E-state index is 0.0250. The van der Waals surface area contributed by atoms with Gasteiger partial charge in [-0.3, -0.25) is 9.59 Å².